The summed E-state index contributed by atoms with van der Waals surface area (Å²) in [6.07, 6.45) is -0.818. The van der Waals surface area contributed by atoms with Crippen molar-refractivity contribution in [2.24, 2.45) is 7.05 Å². The predicted octanol–water partition coefficient (Wildman–Crippen LogP) is 4.39. The number of benzene rings is 2. The van der Waals surface area contributed by atoms with Gasteiger partial charge in [-0.25, -0.2) is 4.98 Å². The Hall–Kier alpha value is -4.45. The molecule has 2 aromatic carbocycles. The maximum Gasteiger partial charge on any atom is 0.504 e. The number of nitrogen functional groups attached to an aromatic ring is 1. The van der Waals surface area contributed by atoms with Crippen LogP contribution < -0.4 is 5.73 Å². The molecular formula is C26H22F3N7O2. The number of ether oxygens (including phenoxy) is 1. The van der Waals surface area contributed by atoms with Crippen LogP contribution in [0.2, 0.25) is 0 Å². The number of pyridine rings is 1. The lowest BCUT2D eigenvalue weighted by molar-refractivity contribution is -0.212. The molecule has 3 aromatic heterocycles. The number of aryl methyl sites for hydroxylation is 1. The molecule has 1 atom stereocenters. The van der Waals surface area contributed by atoms with Crippen molar-refractivity contribution >= 4 is 33.5 Å². The minimum absolute atomic E-state index is 0.0276. The van der Waals surface area contributed by atoms with Crippen LogP contribution >= 0.6 is 0 Å². The summed E-state index contributed by atoms with van der Waals surface area (Å²) in [5.41, 5.74) is 10.6. The number of fused-ring (bicyclic) bond motifs is 4. The zero-order chi connectivity index (χ0) is 26.8. The van der Waals surface area contributed by atoms with Crippen LogP contribution in [0.1, 0.15) is 27.5 Å². The van der Waals surface area contributed by atoms with Gasteiger partial charge in [-0.3, -0.25) is 9.48 Å². The molecular weight excluding hydrogens is 499 g/mol. The minimum atomic E-state index is -4.59. The Labute approximate surface area is 214 Å². The van der Waals surface area contributed by atoms with Gasteiger partial charge in [0.25, 0.3) is 5.91 Å². The second-order valence-corrected chi connectivity index (χ2v) is 9.26. The lowest BCUT2D eigenvalue weighted by Crippen LogP contribution is -2.36. The summed E-state index contributed by atoms with van der Waals surface area (Å²) in [4.78, 5) is 19.7. The van der Waals surface area contributed by atoms with Crippen molar-refractivity contribution in [1.29, 1.82) is 0 Å². The van der Waals surface area contributed by atoms with Crippen molar-refractivity contribution in [3.05, 3.63) is 71.7 Å². The van der Waals surface area contributed by atoms with Gasteiger partial charge in [0.2, 0.25) is 0 Å². The molecule has 12 heteroatoms. The average molecular weight is 522 g/mol. The lowest BCUT2D eigenvalue weighted by atomic mass is 9.94. The molecule has 0 aliphatic carbocycles. The first kappa shape index (κ1) is 23.9. The van der Waals surface area contributed by atoms with Crippen LogP contribution in [0.4, 0.5) is 19.0 Å². The summed E-state index contributed by atoms with van der Waals surface area (Å²) in [7, 11) is 3.51. The zero-order valence-corrected chi connectivity index (χ0v) is 20.4. The van der Waals surface area contributed by atoms with Crippen LogP contribution in [0, 0.1) is 0 Å². The Balaban J connectivity index is 1.32. The molecule has 4 heterocycles. The number of aromatic nitrogens is 5. The number of hydrogen-bond donors (Lipinski definition) is 1. The van der Waals surface area contributed by atoms with E-state index in [0.717, 1.165) is 28.2 Å². The highest BCUT2D eigenvalue weighted by Crippen LogP contribution is 2.34. The Morgan fingerprint density at radius 2 is 1.92 bits per heavy atom. The third kappa shape index (κ3) is 3.84. The summed E-state index contributed by atoms with van der Waals surface area (Å²) >= 11 is 0. The fraction of sp³-hybridized carbons (Fsp3) is 0.231. The van der Waals surface area contributed by atoms with Crippen LogP contribution in [-0.2, 0) is 24.7 Å². The standard InChI is InChI=1S/C26H22F3N7O2/c1-34(25(37)15-4-6-21-19(8-15)23-20(24(30)33-21)10-31-35(23)2)22-13-38-12-16-7-14(3-5-18(16)22)17-9-32-36(11-17)26(27,28)29/h3-11,22H,12-13H2,1-2H3,(H2,30,33)/t22-/m1/s1. The van der Waals surface area contributed by atoms with Crippen LogP contribution in [0.15, 0.2) is 55.0 Å². The Bertz CT molecular complexity index is 1720. The summed E-state index contributed by atoms with van der Waals surface area (Å²) in [5, 5.41) is 9.17. The number of amides is 1. The highest BCUT2D eigenvalue weighted by molar-refractivity contribution is 6.10. The zero-order valence-electron chi connectivity index (χ0n) is 20.4. The van der Waals surface area contributed by atoms with Gasteiger partial charge >= 0.3 is 6.30 Å². The quantitative estimate of drug-likeness (QED) is 0.378. The molecule has 0 spiro atoms. The largest absolute Gasteiger partial charge is 0.504 e. The van der Waals surface area contributed by atoms with E-state index in [-0.39, 0.29) is 29.8 Å². The molecule has 0 radical (unpaired) electrons. The summed E-state index contributed by atoms with van der Waals surface area (Å²) in [6, 6.07) is 10.2. The van der Waals surface area contributed by atoms with E-state index in [2.05, 4.69) is 15.2 Å². The van der Waals surface area contributed by atoms with Crippen molar-refractivity contribution < 1.29 is 22.7 Å². The summed E-state index contributed by atoms with van der Waals surface area (Å²) in [6.45, 7) is 0.578. The second-order valence-electron chi connectivity index (χ2n) is 9.26. The van der Waals surface area contributed by atoms with E-state index in [1.54, 1.807) is 60.2 Å². The molecule has 194 valence electrons. The highest BCUT2D eigenvalue weighted by Gasteiger charge is 2.32. The van der Waals surface area contributed by atoms with Gasteiger partial charge in [0.05, 0.1) is 48.1 Å². The van der Waals surface area contributed by atoms with E-state index in [9.17, 15) is 18.0 Å². The third-order valence-electron chi connectivity index (χ3n) is 6.95. The third-order valence-corrected chi connectivity index (χ3v) is 6.95. The molecule has 2 N–H and O–H groups in total. The van der Waals surface area contributed by atoms with Crippen molar-refractivity contribution in [3.8, 4) is 11.1 Å². The molecule has 0 bridgehead atoms. The summed E-state index contributed by atoms with van der Waals surface area (Å²) < 4.78 is 46.3. The second kappa shape index (κ2) is 8.55. The van der Waals surface area contributed by atoms with Crippen LogP contribution in [-0.4, -0.2) is 49.0 Å². The maximum atomic E-state index is 13.6. The van der Waals surface area contributed by atoms with Crippen molar-refractivity contribution in [2.45, 2.75) is 18.9 Å². The Morgan fingerprint density at radius 1 is 1.11 bits per heavy atom. The van der Waals surface area contributed by atoms with E-state index in [1.807, 2.05) is 6.07 Å². The SMILES string of the molecule is CN(C(=O)c1ccc2nc(N)c3cnn(C)c3c2c1)[C@@H]1COCc2cc(-c3cnn(C(F)(F)F)c3)ccc21. The van der Waals surface area contributed by atoms with Gasteiger partial charge in [0, 0.05) is 36.8 Å². The number of rotatable bonds is 3. The fourth-order valence-electron chi connectivity index (χ4n) is 4.97. The molecule has 6 rings (SSSR count). The van der Waals surface area contributed by atoms with Gasteiger partial charge in [-0.1, -0.05) is 12.1 Å². The lowest BCUT2D eigenvalue weighted by Gasteiger charge is -2.33. The Kier molecular flexibility index (Phi) is 5.38. The van der Waals surface area contributed by atoms with E-state index in [4.69, 9.17) is 10.5 Å². The topological polar surface area (TPSA) is 104 Å². The molecule has 1 amide bonds. The molecule has 1 aliphatic heterocycles. The molecule has 9 nitrogen and oxygen atoms in total. The monoisotopic (exact) mass is 521 g/mol. The Morgan fingerprint density at radius 3 is 2.68 bits per heavy atom. The molecule has 0 saturated carbocycles. The van der Waals surface area contributed by atoms with Gasteiger partial charge in [-0.2, -0.15) is 14.9 Å². The van der Waals surface area contributed by atoms with Gasteiger partial charge in [0.15, 0.2) is 0 Å². The highest BCUT2D eigenvalue weighted by atomic mass is 19.4. The first-order valence-electron chi connectivity index (χ1n) is 11.7. The van der Waals surface area contributed by atoms with Crippen LogP contribution in [0.5, 0.6) is 0 Å². The minimum Gasteiger partial charge on any atom is -0.383 e. The molecule has 0 unspecified atom stereocenters. The molecule has 5 aromatic rings. The fourth-order valence-corrected chi connectivity index (χ4v) is 4.97. The van der Waals surface area contributed by atoms with Gasteiger partial charge in [-0.05, 0) is 41.0 Å². The molecule has 38 heavy (non-hydrogen) atoms. The summed E-state index contributed by atoms with van der Waals surface area (Å²) in [5.74, 6) is 0.161. The normalized spacial score (nSPS) is 15.7. The van der Waals surface area contributed by atoms with E-state index in [0.29, 0.717) is 33.4 Å². The molecule has 1 aliphatic rings. The first-order valence-corrected chi connectivity index (χ1v) is 11.7. The van der Waals surface area contributed by atoms with Crippen LogP contribution in [0.25, 0.3) is 32.9 Å². The van der Waals surface area contributed by atoms with E-state index >= 15 is 0 Å². The van der Waals surface area contributed by atoms with Gasteiger partial charge in [-0.15, -0.1) is 13.2 Å². The average Bonchev–Trinajstić information content (AvgIpc) is 3.55. The number of halogens is 3. The number of anilines is 1. The number of nitrogens with two attached hydrogens (primary N) is 1. The van der Waals surface area contributed by atoms with E-state index in [1.165, 1.54) is 6.20 Å². The number of nitrogens with zero attached hydrogens (tertiary/aromatic N) is 6. The number of carbonyl (C=O) groups is 1. The van der Waals surface area contributed by atoms with Gasteiger partial charge in [0.1, 0.15) is 5.82 Å². The smallest absolute Gasteiger partial charge is 0.383 e. The van der Waals surface area contributed by atoms with Crippen molar-refractivity contribution in [1.82, 2.24) is 29.4 Å². The molecule has 0 saturated heterocycles. The van der Waals surface area contributed by atoms with Crippen molar-refractivity contribution in [3.63, 3.8) is 0 Å². The first-order chi connectivity index (χ1) is 18.1. The number of likely N-dealkylation sites (N-methyl/N-ethyl adjacent to an activating group) is 1. The number of carbonyl (C=O) groups excluding carboxylic acids is 1. The van der Waals surface area contributed by atoms with Crippen molar-refractivity contribution in [2.75, 3.05) is 19.4 Å². The number of alkyl halides is 3. The maximum absolute atomic E-state index is 13.6. The van der Waals surface area contributed by atoms with E-state index < -0.39 is 6.30 Å². The van der Waals surface area contributed by atoms with Crippen LogP contribution in [0.3, 0.4) is 0 Å². The molecule has 0 fully saturated rings. The van der Waals surface area contributed by atoms with Gasteiger partial charge < -0.3 is 15.4 Å². The predicted molar refractivity (Wildman–Crippen MR) is 134 cm³/mol. The number of hydrogen-bond acceptors (Lipinski definition) is 6.